The van der Waals surface area contributed by atoms with E-state index in [0.29, 0.717) is 12.4 Å². The van der Waals surface area contributed by atoms with Crippen molar-refractivity contribution in [1.29, 1.82) is 0 Å². The van der Waals surface area contributed by atoms with E-state index < -0.39 is 23.3 Å². The minimum absolute atomic E-state index is 0.162. The lowest BCUT2D eigenvalue weighted by Gasteiger charge is -2.14. The van der Waals surface area contributed by atoms with Crippen LogP contribution < -0.4 is 19.8 Å². The van der Waals surface area contributed by atoms with Crippen LogP contribution in [0.1, 0.15) is 75.6 Å². The van der Waals surface area contributed by atoms with Crippen LogP contribution in [0.3, 0.4) is 0 Å². The van der Waals surface area contributed by atoms with Gasteiger partial charge in [0.2, 0.25) is 0 Å². The SMILES string of the molecule is CCCCCCCCCCOc1cccc2oc(=O)c(OC(C)=O)c(OC(=O)c3ccccc3)c12. The maximum absolute atomic E-state index is 12.8. The number of rotatable bonds is 13. The summed E-state index contributed by atoms with van der Waals surface area (Å²) in [4.78, 5) is 37.1. The Balaban J connectivity index is 1.83. The molecule has 0 spiro atoms. The van der Waals surface area contributed by atoms with Crippen molar-refractivity contribution in [1.82, 2.24) is 0 Å². The van der Waals surface area contributed by atoms with Gasteiger partial charge >= 0.3 is 17.6 Å². The van der Waals surface area contributed by atoms with Gasteiger partial charge in [0, 0.05) is 6.92 Å². The van der Waals surface area contributed by atoms with Gasteiger partial charge in [-0.3, -0.25) is 4.79 Å². The Morgan fingerprint density at radius 1 is 0.800 bits per heavy atom. The van der Waals surface area contributed by atoms with Crippen LogP contribution in [0.2, 0.25) is 0 Å². The fourth-order valence-electron chi connectivity index (χ4n) is 3.77. The molecule has 0 atom stereocenters. The lowest BCUT2D eigenvalue weighted by Crippen LogP contribution is -2.16. The topological polar surface area (TPSA) is 92.0 Å². The summed E-state index contributed by atoms with van der Waals surface area (Å²) in [6.07, 6.45) is 9.32. The monoisotopic (exact) mass is 480 g/mol. The molecule has 0 radical (unpaired) electrons. The minimum atomic E-state index is -0.927. The van der Waals surface area contributed by atoms with Gasteiger partial charge in [0.15, 0.2) is 5.75 Å². The van der Waals surface area contributed by atoms with Gasteiger partial charge in [-0.25, -0.2) is 9.59 Å². The zero-order valence-corrected chi connectivity index (χ0v) is 20.3. The normalized spacial score (nSPS) is 10.8. The van der Waals surface area contributed by atoms with E-state index in [9.17, 15) is 14.4 Å². The second-order valence-electron chi connectivity index (χ2n) is 8.35. The minimum Gasteiger partial charge on any atom is -0.493 e. The molecule has 0 unspecified atom stereocenters. The number of benzene rings is 2. The maximum Gasteiger partial charge on any atom is 0.383 e. The second kappa shape index (κ2) is 13.3. The summed E-state index contributed by atoms with van der Waals surface area (Å²) in [5.41, 5.74) is -0.487. The Labute approximate surface area is 205 Å². The van der Waals surface area contributed by atoms with E-state index in [0.717, 1.165) is 26.2 Å². The first kappa shape index (κ1) is 26.0. The lowest BCUT2D eigenvalue weighted by atomic mass is 10.1. The molecule has 35 heavy (non-hydrogen) atoms. The predicted molar refractivity (Wildman–Crippen MR) is 133 cm³/mol. The van der Waals surface area contributed by atoms with E-state index in [1.807, 2.05) is 0 Å². The molecule has 0 bridgehead atoms. The van der Waals surface area contributed by atoms with Crippen molar-refractivity contribution in [2.75, 3.05) is 6.61 Å². The summed E-state index contributed by atoms with van der Waals surface area (Å²) in [6.45, 7) is 3.80. The first-order valence-corrected chi connectivity index (χ1v) is 12.2. The Kier molecular flexibility index (Phi) is 9.90. The Bertz CT molecular complexity index is 1180. The van der Waals surface area contributed by atoms with Crippen molar-refractivity contribution < 1.29 is 28.2 Å². The largest absolute Gasteiger partial charge is 0.493 e. The number of ether oxygens (including phenoxy) is 3. The molecule has 0 saturated heterocycles. The molecule has 0 aliphatic carbocycles. The van der Waals surface area contributed by atoms with Gasteiger partial charge in [0.25, 0.3) is 5.75 Å². The molecule has 3 rings (SSSR count). The molecule has 0 N–H and O–H groups in total. The van der Waals surface area contributed by atoms with Crippen LogP contribution in [0.25, 0.3) is 11.0 Å². The van der Waals surface area contributed by atoms with Gasteiger partial charge < -0.3 is 18.6 Å². The molecule has 0 aliphatic rings. The fourth-order valence-corrected chi connectivity index (χ4v) is 3.77. The number of unbranched alkanes of at least 4 members (excludes halogenated alkanes) is 7. The maximum atomic E-state index is 12.8. The first-order chi connectivity index (χ1) is 17.0. The van der Waals surface area contributed by atoms with Crippen molar-refractivity contribution in [2.45, 2.75) is 65.2 Å². The fraction of sp³-hybridized carbons (Fsp3) is 0.393. The van der Waals surface area contributed by atoms with Crippen molar-refractivity contribution in [3.05, 3.63) is 64.5 Å². The molecule has 0 amide bonds. The van der Waals surface area contributed by atoms with Gasteiger partial charge in [-0.2, -0.15) is 0 Å². The molecular weight excluding hydrogens is 448 g/mol. The van der Waals surface area contributed by atoms with Crippen LogP contribution in [-0.2, 0) is 4.79 Å². The highest BCUT2D eigenvalue weighted by Crippen LogP contribution is 2.39. The van der Waals surface area contributed by atoms with Crippen LogP contribution in [0.15, 0.2) is 57.7 Å². The number of fused-ring (bicyclic) bond motifs is 1. The van der Waals surface area contributed by atoms with Crippen molar-refractivity contribution >= 4 is 22.9 Å². The Morgan fingerprint density at radius 3 is 2.17 bits per heavy atom. The average Bonchev–Trinajstić information content (AvgIpc) is 2.85. The van der Waals surface area contributed by atoms with Gasteiger partial charge in [0.05, 0.1) is 12.2 Å². The van der Waals surface area contributed by atoms with Crippen molar-refractivity contribution in [3.8, 4) is 17.2 Å². The smallest absolute Gasteiger partial charge is 0.383 e. The molecule has 0 saturated carbocycles. The third kappa shape index (κ3) is 7.44. The summed E-state index contributed by atoms with van der Waals surface area (Å²) in [6, 6.07) is 13.3. The number of carbonyl (C=O) groups is 2. The summed E-state index contributed by atoms with van der Waals surface area (Å²) >= 11 is 0. The van der Waals surface area contributed by atoms with E-state index in [2.05, 4.69) is 6.92 Å². The van der Waals surface area contributed by atoms with Crippen molar-refractivity contribution in [2.24, 2.45) is 0 Å². The van der Waals surface area contributed by atoms with Gasteiger partial charge in [-0.1, -0.05) is 76.1 Å². The number of hydrogen-bond acceptors (Lipinski definition) is 7. The number of hydrogen-bond donors (Lipinski definition) is 0. The van der Waals surface area contributed by atoms with Crippen LogP contribution in [0.4, 0.5) is 0 Å². The second-order valence-corrected chi connectivity index (χ2v) is 8.35. The molecule has 1 aromatic heterocycles. The molecule has 7 nitrogen and oxygen atoms in total. The molecule has 1 heterocycles. The quantitative estimate of drug-likeness (QED) is 0.157. The van der Waals surface area contributed by atoms with Crippen LogP contribution >= 0.6 is 0 Å². The molecule has 0 aliphatic heterocycles. The van der Waals surface area contributed by atoms with Crippen LogP contribution in [0.5, 0.6) is 17.2 Å². The third-order valence-electron chi connectivity index (χ3n) is 5.51. The molecule has 3 aromatic rings. The molecular formula is C28H32O7. The highest BCUT2D eigenvalue weighted by molar-refractivity contribution is 5.98. The lowest BCUT2D eigenvalue weighted by molar-refractivity contribution is -0.132. The highest BCUT2D eigenvalue weighted by atomic mass is 16.6. The predicted octanol–water partition coefficient (Wildman–Crippen LogP) is 6.46. The van der Waals surface area contributed by atoms with Crippen LogP contribution in [0, 0.1) is 0 Å². The van der Waals surface area contributed by atoms with Crippen LogP contribution in [-0.4, -0.2) is 18.5 Å². The zero-order chi connectivity index (χ0) is 25.0. The average molecular weight is 481 g/mol. The summed E-state index contributed by atoms with van der Waals surface area (Å²) < 4.78 is 22.0. The van der Waals surface area contributed by atoms with Gasteiger partial charge in [0.1, 0.15) is 16.7 Å². The molecule has 7 heteroatoms. The van der Waals surface area contributed by atoms with E-state index in [4.69, 9.17) is 18.6 Å². The Morgan fingerprint density at radius 2 is 1.49 bits per heavy atom. The Hall–Kier alpha value is -3.61. The summed E-state index contributed by atoms with van der Waals surface area (Å²) in [7, 11) is 0. The number of esters is 2. The highest BCUT2D eigenvalue weighted by Gasteiger charge is 2.25. The third-order valence-corrected chi connectivity index (χ3v) is 5.51. The van der Waals surface area contributed by atoms with E-state index in [-0.39, 0.29) is 22.3 Å². The zero-order valence-electron chi connectivity index (χ0n) is 20.3. The number of carbonyl (C=O) groups excluding carboxylic acids is 2. The molecule has 0 fully saturated rings. The standard InChI is InChI=1S/C28H32O7/c1-3-4-5-6-7-8-9-13-19-32-22-17-14-18-23-24(22)25(26(28(31)34-23)33-20(2)29)35-27(30)21-15-11-10-12-16-21/h10-12,14-18H,3-9,13,19H2,1-2H3. The van der Waals surface area contributed by atoms with Crippen molar-refractivity contribution in [3.63, 3.8) is 0 Å². The molecule has 186 valence electrons. The van der Waals surface area contributed by atoms with Gasteiger partial charge in [-0.05, 0) is 30.7 Å². The summed E-state index contributed by atoms with van der Waals surface area (Å²) in [5.74, 6) is -1.77. The van der Waals surface area contributed by atoms with E-state index in [1.54, 1.807) is 48.5 Å². The first-order valence-electron chi connectivity index (χ1n) is 12.2. The van der Waals surface area contributed by atoms with Gasteiger partial charge in [-0.15, -0.1) is 0 Å². The van der Waals surface area contributed by atoms with E-state index >= 15 is 0 Å². The van der Waals surface area contributed by atoms with E-state index in [1.165, 1.54) is 32.1 Å². The summed E-state index contributed by atoms with van der Waals surface area (Å²) in [5, 5.41) is 0.257. The molecule has 2 aromatic carbocycles.